The first kappa shape index (κ1) is 26.9. The number of piperidine rings is 1. The average Bonchev–Trinajstić information content (AvgIpc) is 2.98. The summed E-state index contributed by atoms with van der Waals surface area (Å²) >= 11 is 11.9. The molecule has 0 unspecified atom stereocenters. The molecule has 0 spiro atoms. The third-order valence-corrected chi connectivity index (χ3v) is 7.50. The molecule has 3 N–H and O–H groups in total. The van der Waals surface area contributed by atoms with Crippen molar-refractivity contribution < 1.29 is 24.9 Å². The molecule has 0 aromatic heterocycles. The summed E-state index contributed by atoms with van der Waals surface area (Å²) in [6.45, 7) is 4.34. The van der Waals surface area contributed by atoms with Crippen LogP contribution < -0.4 is 0 Å². The van der Waals surface area contributed by atoms with Crippen molar-refractivity contribution in [3.8, 4) is 0 Å². The number of likely N-dealkylation sites (tertiary alicyclic amines) is 1. The summed E-state index contributed by atoms with van der Waals surface area (Å²) in [5.41, 5.74) is 0.229. The van der Waals surface area contributed by atoms with Gasteiger partial charge in [-0.3, -0.25) is 14.5 Å². The number of aliphatic hydroxyl groups is 3. The Morgan fingerprint density at radius 2 is 1.97 bits per heavy atom. The Morgan fingerprint density at radius 3 is 2.65 bits per heavy atom. The van der Waals surface area contributed by atoms with E-state index in [9.17, 15) is 24.9 Å². The summed E-state index contributed by atoms with van der Waals surface area (Å²) in [5.74, 6) is -0.301. The maximum atomic E-state index is 12.6. The number of β-amino-alcohol motifs (C(OH)–C–C–N with tert-alkyl or cyclic N) is 2. The van der Waals surface area contributed by atoms with Crippen LogP contribution in [0.25, 0.3) is 6.08 Å². The van der Waals surface area contributed by atoms with Gasteiger partial charge in [-0.05, 0) is 36.7 Å². The molecule has 2 heterocycles. The molecule has 1 aromatic carbocycles. The smallest absolute Gasteiger partial charge is 0.246 e. The van der Waals surface area contributed by atoms with Gasteiger partial charge in [0.05, 0.1) is 28.9 Å². The van der Waals surface area contributed by atoms with Crippen molar-refractivity contribution in [2.45, 2.75) is 32.0 Å². The largest absolute Gasteiger partial charge is 0.396 e. The summed E-state index contributed by atoms with van der Waals surface area (Å²) < 4.78 is 0. The molecule has 34 heavy (non-hydrogen) atoms. The van der Waals surface area contributed by atoms with Crippen LogP contribution in [-0.2, 0) is 9.59 Å². The first-order valence-electron chi connectivity index (χ1n) is 11.5. The second-order valence-electron chi connectivity index (χ2n) is 9.41. The van der Waals surface area contributed by atoms with Gasteiger partial charge in [-0.15, -0.1) is 0 Å². The number of carbonyl (C=O) groups excluding carboxylic acids is 2. The number of hydrogen-bond acceptors (Lipinski definition) is 6. The van der Waals surface area contributed by atoms with E-state index in [1.807, 2.05) is 11.8 Å². The lowest BCUT2D eigenvalue weighted by molar-refractivity contribution is -0.132. The van der Waals surface area contributed by atoms with E-state index in [2.05, 4.69) is 0 Å². The molecule has 3 atom stereocenters. The Bertz CT molecular complexity index is 915. The molecule has 0 radical (unpaired) electrons. The lowest BCUT2D eigenvalue weighted by Crippen LogP contribution is -2.53. The van der Waals surface area contributed by atoms with Gasteiger partial charge in [0.25, 0.3) is 0 Å². The monoisotopic (exact) mass is 513 g/mol. The highest BCUT2D eigenvalue weighted by molar-refractivity contribution is 6.42. The van der Waals surface area contributed by atoms with E-state index in [1.54, 1.807) is 34.1 Å². The normalized spacial score (nSPS) is 25.6. The molecule has 0 aliphatic carbocycles. The quantitative estimate of drug-likeness (QED) is 0.477. The summed E-state index contributed by atoms with van der Waals surface area (Å²) in [6, 6.07) is 5.10. The molecule has 1 aromatic rings. The molecule has 8 nitrogen and oxygen atoms in total. The van der Waals surface area contributed by atoms with E-state index in [-0.39, 0.29) is 31.4 Å². The van der Waals surface area contributed by atoms with Crippen molar-refractivity contribution >= 4 is 41.1 Å². The van der Waals surface area contributed by atoms with E-state index in [0.717, 1.165) is 5.56 Å². The molecule has 2 fully saturated rings. The van der Waals surface area contributed by atoms with E-state index in [0.29, 0.717) is 55.7 Å². The SMILES string of the molecule is C[C@@]1(CO)CCN(C[C@H](O)CN2CCN(C(=O)C=Cc3ccc(Cl)c(Cl)c3)CCC2=O)C[C@@H]1O. The molecule has 0 saturated carbocycles. The van der Waals surface area contributed by atoms with E-state index in [4.69, 9.17) is 23.2 Å². The van der Waals surface area contributed by atoms with Gasteiger partial charge < -0.3 is 25.1 Å². The third-order valence-electron chi connectivity index (χ3n) is 6.76. The Labute approximate surface area is 210 Å². The second kappa shape index (κ2) is 11.8. The summed E-state index contributed by atoms with van der Waals surface area (Å²) in [4.78, 5) is 30.4. The fourth-order valence-electron chi connectivity index (χ4n) is 4.27. The van der Waals surface area contributed by atoms with Crippen LogP contribution in [0.15, 0.2) is 24.3 Å². The Hall–Kier alpha value is -1.68. The predicted octanol–water partition coefficient (Wildman–Crippen LogP) is 1.49. The molecule has 3 rings (SSSR count). The van der Waals surface area contributed by atoms with Crippen LogP contribution in [0.4, 0.5) is 0 Å². The number of amides is 2. The molecule has 188 valence electrons. The third kappa shape index (κ3) is 6.93. The van der Waals surface area contributed by atoms with Crippen molar-refractivity contribution in [3.05, 3.63) is 39.9 Å². The Balaban J connectivity index is 1.49. The topological polar surface area (TPSA) is 105 Å². The fraction of sp³-hybridized carbons (Fsp3) is 0.583. The van der Waals surface area contributed by atoms with Crippen molar-refractivity contribution in [1.29, 1.82) is 0 Å². The maximum Gasteiger partial charge on any atom is 0.246 e. The van der Waals surface area contributed by atoms with Gasteiger partial charge in [0.1, 0.15) is 0 Å². The number of aliphatic hydroxyl groups excluding tert-OH is 3. The van der Waals surface area contributed by atoms with Gasteiger partial charge in [-0.1, -0.05) is 36.2 Å². The zero-order chi connectivity index (χ0) is 24.9. The number of rotatable bonds is 7. The van der Waals surface area contributed by atoms with Crippen LogP contribution in [0, 0.1) is 5.41 Å². The number of carbonyl (C=O) groups is 2. The van der Waals surface area contributed by atoms with Gasteiger partial charge in [-0.2, -0.15) is 0 Å². The van der Waals surface area contributed by atoms with E-state index >= 15 is 0 Å². The zero-order valence-electron chi connectivity index (χ0n) is 19.4. The van der Waals surface area contributed by atoms with Crippen LogP contribution in [0.1, 0.15) is 25.3 Å². The highest BCUT2D eigenvalue weighted by atomic mass is 35.5. The van der Waals surface area contributed by atoms with Gasteiger partial charge >= 0.3 is 0 Å². The number of benzene rings is 1. The first-order chi connectivity index (χ1) is 16.1. The fourth-order valence-corrected chi connectivity index (χ4v) is 4.57. The lowest BCUT2D eigenvalue weighted by Gasteiger charge is -2.43. The summed E-state index contributed by atoms with van der Waals surface area (Å²) in [6.07, 6.45) is 2.49. The van der Waals surface area contributed by atoms with Gasteiger partial charge in [0.2, 0.25) is 11.8 Å². The van der Waals surface area contributed by atoms with Crippen LogP contribution in [-0.4, -0.2) is 106 Å². The number of nitrogens with zero attached hydrogens (tertiary/aromatic N) is 3. The molecule has 10 heteroatoms. The zero-order valence-corrected chi connectivity index (χ0v) is 20.9. The van der Waals surface area contributed by atoms with Crippen molar-refractivity contribution in [2.24, 2.45) is 5.41 Å². The lowest BCUT2D eigenvalue weighted by atomic mass is 9.78. The minimum atomic E-state index is -0.772. The number of halogens is 2. The second-order valence-corrected chi connectivity index (χ2v) is 10.2. The molecular formula is C24H33Cl2N3O5. The van der Waals surface area contributed by atoms with Gasteiger partial charge in [0.15, 0.2) is 0 Å². The molecule has 2 aliphatic heterocycles. The van der Waals surface area contributed by atoms with Crippen molar-refractivity contribution in [3.63, 3.8) is 0 Å². The molecule has 0 bridgehead atoms. The number of hydrogen-bond donors (Lipinski definition) is 3. The highest BCUT2D eigenvalue weighted by Gasteiger charge is 2.38. The summed E-state index contributed by atoms with van der Waals surface area (Å²) in [7, 11) is 0. The standard InChI is InChI=1S/C24H33Cl2N3O5/c1-24(16-30)7-9-27(15-21(24)32)13-18(31)14-29-11-10-28(8-6-23(29)34)22(33)5-3-17-2-4-19(25)20(26)12-17/h2-5,12,18,21,30-32H,6-11,13-16H2,1H3/t18-,21-,24-/m0/s1. The van der Waals surface area contributed by atoms with Crippen LogP contribution in [0.2, 0.25) is 10.0 Å². The minimum Gasteiger partial charge on any atom is -0.396 e. The first-order valence-corrected chi connectivity index (χ1v) is 12.3. The average molecular weight is 514 g/mol. The molecule has 2 amide bonds. The van der Waals surface area contributed by atoms with E-state index in [1.165, 1.54) is 6.08 Å². The van der Waals surface area contributed by atoms with Gasteiger partial charge in [0, 0.05) is 57.2 Å². The van der Waals surface area contributed by atoms with Crippen molar-refractivity contribution in [2.75, 3.05) is 52.4 Å². The van der Waals surface area contributed by atoms with Crippen LogP contribution in [0.5, 0.6) is 0 Å². The minimum absolute atomic E-state index is 0.0787. The Kier molecular flexibility index (Phi) is 9.37. The van der Waals surface area contributed by atoms with Crippen LogP contribution >= 0.6 is 23.2 Å². The molecular weight excluding hydrogens is 481 g/mol. The van der Waals surface area contributed by atoms with Crippen molar-refractivity contribution in [1.82, 2.24) is 14.7 Å². The Morgan fingerprint density at radius 1 is 1.21 bits per heavy atom. The molecule has 2 saturated heterocycles. The molecule has 2 aliphatic rings. The van der Waals surface area contributed by atoms with E-state index < -0.39 is 17.6 Å². The predicted molar refractivity (Wildman–Crippen MR) is 132 cm³/mol. The maximum absolute atomic E-state index is 12.6. The van der Waals surface area contributed by atoms with Crippen LogP contribution in [0.3, 0.4) is 0 Å². The summed E-state index contributed by atoms with van der Waals surface area (Å²) in [5, 5.41) is 31.3. The highest BCUT2D eigenvalue weighted by Crippen LogP contribution is 2.30. The van der Waals surface area contributed by atoms with Gasteiger partial charge in [-0.25, -0.2) is 0 Å².